The molecular formula is C18H16N2O4S2. The fraction of sp³-hybridized carbons (Fsp3) is 0.222. The van der Waals surface area contributed by atoms with Gasteiger partial charge in [-0.05, 0) is 31.0 Å². The van der Waals surface area contributed by atoms with Crippen LogP contribution in [-0.4, -0.2) is 22.8 Å². The van der Waals surface area contributed by atoms with Gasteiger partial charge in [0, 0.05) is 23.4 Å². The van der Waals surface area contributed by atoms with Crippen molar-refractivity contribution in [2.24, 2.45) is 0 Å². The molecule has 2 heterocycles. The molecule has 0 unspecified atom stereocenters. The molecule has 0 amide bonds. The van der Waals surface area contributed by atoms with E-state index in [0.717, 1.165) is 33.4 Å². The molecule has 0 saturated heterocycles. The van der Waals surface area contributed by atoms with E-state index >= 15 is 0 Å². The molecule has 0 aliphatic carbocycles. The first-order chi connectivity index (χ1) is 12.6. The maximum Gasteiger partial charge on any atom is 0.324 e. The molecule has 1 aromatic carbocycles. The third-order valence-electron chi connectivity index (χ3n) is 3.76. The van der Waals surface area contributed by atoms with Crippen molar-refractivity contribution in [3.63, 3.8) is 0 Å². The molecule has 0 radical (unpaired) electrons. The van der Waals surface area contributed by atoms with E-state index < -0.39 is 4.92 Å². The van der Waals surface area contributed by atoms with Crippen molar-refractivity contribution in [2.75, 3.05) is 7.11 Å². The minimum absolute atomic E-state index is 0.00351. The van der Waals surface area contributed by atoms with Crippen LogP contribution in [0.25, 0.3) is 11.3 Å². The Labute approximate surface area is 158 Å². The number of hydrogen-bond donors (Lipinski definition) is 0. The lowest BCUT2D eigenvalue weighted by Crippen LogP contribution is -1.97. The molecule has 2 aromatic heterocycles. The van der Waals surface area contributed by atoms with Crippen LogP contribution in [0.1, 0.15) is 27.5 Å². The number of carbonyl (C=O) groups is 1. The predicted octanol–water partition coefficient (Wildman–Crippen LogP) is 4.99. The summed E-state index contributed by atoms with van der Waals surface area (Å²) in [6.07, 6.45) is 1.72. The number of thiazole rings is 1. The number of nitrogens with zero attached hydrogens (tertiary/aromatic N) is 2. The van der Waals surface area contributed by atoms with Gasteiger partial charge in [0.25, 0.3) is 0 Å². The smallest absolute Gasteiger partial charge is 0.324 e. The average Bonchev–Trinajstić information content (AvgIpc) is 3.31. The highest BCUT2D eigenvalue weighted by atomic mass is 32.1. The van der Waals surface area contributed by atoms with Gasteiger partial charge in [0.1, 0.15) is 5.75 Å². The highest BCUT2D eigenvalue weighted by Crippen LogP contribution is 2.27. The van der Waals surface area contributed by atoms with Crippen molar-refractivity contribution in [1.82, 2.24) is 4.98 Å². The van der Waals surface area contributed by atoms with E-state index in [4.69, 9.17) is 4.74 Å². The Hall–Kier alpha value is -2.58. The van der Waals surface area contributed by atoms with Gasteiger partial charge in [-0.2, -0.15) is 0 Å². The fourth-order valence-electron chi connectivity index (χ4n) is 2.44. The van der Waals surface area contributed by atoms with E-state index in [0.29, 0.717) is 24.1 Å². The number of rotatable bonds is 8. The minimum atomic E-state index is -0.475. The van der Waals surface area contributed by atoms with Crippen molar-refractivity contribution in [1.29, 1.82) is 0 Å². The number of ether oxygens (including phenoxy) is 1. The average molecular weight is 388 g/mol. The van der Waals surface area contributed by atoms with Crippen LogP contribution in [0.15, 0.2) is 41.8 Å². The molecule has 134 valence electrons. The summed E-state index contributed by atoms with van der Waals surface area (Å²) in [6, 6.07) is 10.6. The van der Waals surface area contributed by atoms with E-state index in [2.05, 4.69) is 4.98 Å². The Morgan fingerprint density at radius 3 is 2.88 bits per heavy atom. The van der Waals surface area contributed by atoms with Gasteiger partial charge in [0.05, 0.1) is 27.6 Å². The molecular weight excluding hydrogens is 372 g/mol. The number of thiophene rings is 1. The quantitative estimate of drug-likeness (QED) is 0.308. The summed E-state index contributed by atoms with van der Waals surface area (Å²) in [5, 5.41) is 13.6. The van der Waals surface area contributed by atoms with Crippen LogP contribution < -0.4 is 4.74 Å². The molecule has 3 aromatic rings. The van der Waals surface area contributed by atoms with Gasteiger partial charge >= 0.3 is 5.00 Å². The van der Waals surface area contributed by atoms with Crippen molar-refractivity contribution in [3.8, 4) is 17.0 Å². The number of nitro groups is 1. The van der Waals surface area contributed by atoms with E-state index in [1.54, 1.807) is 18.4 Å². The molecule has 0 aliphatic heterocycles. The number of benzene rings is 1. The van der Waals surface area contributed by atoms with Gasteiger partial charge in [-0.15, -0.1) is 11.3 Å². The van der Waals surface area contributed by atoms with Crippen LogP contribution in [-0.2, 0) is 6.42 Å². The summed E-state index contributed by atoms with van der Waals surface area (Å²) in [6.45, 7) is 0. The van der Waals surface area contributed by atoms with Crippen LogP contribution in [0.4, 0.5) is 5.00 Å². The second-order valence-corrected chi connectivity index (χ2v) is 7.54. The Balaban J connectivity index is 1.56. The van der Waals surface area contributed by atoms with E-state index in [1.807, 2.05) is 29.6 Å². The normalized spacial score (nSPS) is 10.7. The van der Waals surface area contributed by atoms with Gasteiger partial charge in [0.15, 0.2) is 5.78 Å². The monoisotopic (exact) mass is 388 g/mol. The molecule has 3 rings (SSSR count). The Morgan fingerprint density at radius 1 is 1.31 bits per heavy atom. The summed E-state index contributed by atoms with van der Waals surface area (Å²) >= 11 is 2.49. The maximum atomic E-state index is 12.1. The highest BCUT2D eigenvalue weighted by molar-refractivity contribution is 7.17. The molecule has 0 N–H and O–H groups in total. The molecule has 0 fully saturated rings. The van der Waals surface area contributed by atoms with Crippen molar-refractivity contribution in [2.45, 2.75) is 19.3 Å². The molecule has 0 aliphatic rings. The van der Waals surface area contributed by atoms with Crippen molar-refractivity contribution in [3.05, 3.63) is 61.8 Å². The molecule has 8 heteroatoms. The first-order valence-corrected chi connectivity index (χ1v) is 9.62. The first-order valence-electron chi connectivity index (χ1n) is 7.93. The number of aromatic nitrogens is 1. The largest absolute Gasteiger partial charge is 0.497 e. The lowest BCUT2D eigenvalue weighted by Gasteiger charge is -2.01. The number of Topliss-reactive ketones (excluding diaryl/α,β-unsaturated/α-hetero) is 1. The Morgan fingerprint density at radius 2 is 2.15 bits per heavy atom. The van der Waals surface area contributed by atoms with Crippen LogP contribution in [0.3, 0.4) is 0 Å². The number of ketones is 1. The first kappa shape index (κ1) is 18.2. The molecule has 0 saturated carbocycles. The lowest BCUT2D eigenvalue weighted by molar-refractivity contribution is -0.380. The van der Waals surface area contributed by atoms with E-state index in [-0.39, 0.29) is 10.8 Å². The van der Waals surface area contributed by atoms with Crippen LogP contribution >= 0.6 is 22.7 Å². The molecule has 26 heavy (non-hydrogen) atoms. The summed E-state index contributed by atoms with van der Waals surface area (Å²) in [5.41, 5.74) is 1.89. The number of hydrogen-bond acceptors (Lipinski definition) is 7. The summed E-state index contributed by atoms with van der Waals surface area (Å²) in [5.74, 6) is 0.723. The number of carbonyl (C=O) groups excluding carboxylic acids is 1. The summed E-state index contributed by atoms with van der Waals surface area (Å²) in [7, 11) is 1.63. The van der Waals surface area contributed by atoms with Crippen molar-refractivity contribution < 1.29 is 14.5 Å². The third-order valence-corrected chi connectivity index (χ3v) is 5.74. The standard InChI is InChI=1S/C18H16N2O4S2/c1-24-13-5-2-4-12(10-13)14-11-25-17(19-14)7-3-6-15(21)16-8-9-18(26-16)20(22)23/h2,4-5,8-11H,3,6-7H2,1H3. The topological polar surface area (TPSA) is 82.3 Å². The van der Waals surface area contributed by atoms with Crippen LogP contribution in [0.5, 0.6) is 5.75 Å². The van der Waals surface area contributed by atoms with E-state index in [1.165, 1.54) is 12.1 Å². The van der Waals surface area contributed by atoms with Crippen LogP contribution in [0, 0.1) is 10.1 Å². The Kier molecular flexibility index (Phi) is 5.75. The maximum absolute atomic E-state index is 12.1. The SMILES string of the molecule is COc1cccc(-c2csc(CCCC(=O)c3ccc([N+](=O)[O-])s3)n2)c1. The zero-order valence-corrected chi connectivity index (χ0v) is 15.6. The minimum Gasteiger partial charge on any atom is -0.497 e. The van der Waals surface area contributed by atoms with Crippen molar-refractivity contribution >= 4 is 33.5 Å². The van der Waals surface area contributed by atoms with E-state index in [9.17, 15) is 14.9 Å². The zero-order chi connectivity index (χ0) is 18.5. The molecule has 0 spiro atoms. The van der Waals surface area contributed by atoms with Gasteiger partial charge in [-0.25, -0.2) is 4.98 Å². The third kappa shape index (κ3) is 4.33. The predicted molar refractivity (Wildman–Crippen MR) is 102 cm³/mol. The number of methoxy groups -OCH3 is 1. The van der Waals surface area contributed by atoms with Gasteiger partial charge in [0.2, 0.25) is 0 Å². The van der Waals surface area contributed by atoms with Gasteiger partial charge in [-0.3, -0.25) is 14.9 Å². The summed E-state index contributed by atoms with van der Waals surface area (Å²) in [4.78, 5) is 27.4. The fourth-order valence-corrected chi connectivity index (χ4v) is 4.08. The van der Waals surface area contributed by atoms with Gasteiger partial charge in [-0.1, -0.05) is 23.5 Å². The summed E-state index contributed by atoms with van der Waals surface area (Å²) < 4.78 is 5.23. The lowest BCUT2D eigenvalue weighted by atomic mass is 10.1. The highest BCUT2D eigenvalue weighted by Gasteiger charge is 2.15. The molecule has 6 nitrogen and oxygen atoms in total. The second kappa shape index (κ2) is 8.20. The zero-order valence-electron chi connectivity index (χ0n) is 14.0. The Bertz CT molecular complexity index is 933. The number of aryl methyl sites for hydroxylation is 1. The molecule has 0 atom stereocenters. The molecule has 0 bridgehead atoms. The second-order valence-electron chi connectivity index (χ2n) is 5.53. The van der Waals surface area contributed by atoms with Gasteiger partial charge < -0.3 is 4.74 Å². The van der Waals surface area contributed by atoms with Crippen LogP contribution in [0.2, 0.25) is 0 Å².